The summed E-state index contributed by atoms with van der Waals surface area (Å²) in [6.07, 6.45) is 0.739. The third kappa shape index (κ3) is 2.44. The zero-order valence-electron chi connectivity index (χ0n) is 7.25. The Morgan fingerprint density at radius 3 is 2.75 bits per heavy atom. The summed E-state index contributed by atoms with van der Waals surface area (Å²) in [5.74, 6) is 0.357. The smallest absolute Gasteiger partial charge is 0.0823 e. The van der Waals surface area contributed by atoms with Gasteiger partial charge in [0, 0.05) is 0 Å². The minimum absolute atomic E-state index is 0.283. The summed E-state index contributed by atoms with van der Waals surface area (Å²) in [6.45, 7) is 4.18. The van der Waals surface area contributed by atoms with Crippen LogP contribution in [0.3, 0.4) is 0 Å². The minimum atomic E-state index is -0.283. The van der Waals surface area contributed by atoms with Gasteiger partial charge >= 0.3 is 0 Å². The highest BCUT2D eigenvalue weighted by Crippen LogP contribution is 2.28. The van der Waals surface area contributed by atoms with Crippen molar-refractivity contribution in [1.82, 2.24) is 0 Å². The lowest BCUT2D eigenvalue weighted by Gasteiger charge is -2.15. The summed E-state index contributed by atoms with van der Waals surface area (Å²) in [6, 6.07) is 2.06. The molecule has 0 saturated carbocycles. The van der Waals surface area contributed by atoms with E-state index in [0.717, 1.165) is 12.0 Å². The third-order valence-electron chi connectivity index (χ3n) is 2.11. The fourth-order valence-electron chi connectivity index (χ4n) is 1.03. The van der Waals surface area contributed by atoms with Crippen molar-refractivity contribution < 1.29 is 5.11 Å². The van der Waals surface area contributed by atoms with E-state index < -0.39 is 0 Å². The molecule has 3 heteroatoms. The van der Waals surface area contributed by atoms with Crippen LogP contribution in [-0.4, -0.2) is 5.11 Å². The number of hydrogen-bond donors (Lipinski definition) is 1. The molecule has 2 unspecified atom stereocenters. The monoisotopic (exact) mass is 296 g/mol. The summed E-state index contributed by atoms with van der Waals surface area (Å²) in [5, 5.41) is 11.8. The maximum Gasteiger partial charge on any atom is 0.0823 e. The van der Waals surface area contributed by atoms with Crippen molar-refractivity contribution in [2.75, 3.05) is 0 Å². The highest BCUT2D eigenvalue weighted by molar-refractivity contribution is 14.1. The van der Waals surface area contributed by atoms with Crippen LogP contribution in [0.5, 0.6) is 0 Å². The predicted octanol–water partition coefficient (Wildman–Crippen LogP) is 3.43. The molecule has 0 bridgehead atoms. The van der Waals surface area contributed by atoms with Crippen LogP contribution in [0, 0.1) is 8.80 Å². The molecule has 0 aliphatic carbocycles. The van der Waals surface area contributed by atoms with E-state index in [0.29, 0.717) is 5.92 Å². The van der Waals surface area contributed by atoms with E-state index in [9.17, 15) is 5.11 Å². The van der Waals surface area contributed by atoms with Crippen LogP contribution in [0.1, 0.15) is 31.9 Å². The van der Waals surface area contributed by atoms with Crippen LogP contribution < -0.4 is 0 Å². The van der Waals surface area contributed by atoms with Crippen LogP contribution in [0.4, 0.5) is 0 Å². The molecular formula is C9H13IOS. The largest absolute Gasteiger partial charge is 0.388 e. The second-order valence-electron chi connectivity index (χ2n) is 3.01. The number of aliphatic hydroxyl groups is 1. The van der Waals surface area contributed by atoms with Crippen molar-refractivity contribution >= 4 is 33.9 Å². The van der Waals surface area contributed by atoms with E-state index in [4.69, 9.17) is 0 Å². The second-order valence-corrected chi connectivity index (χ2v) is 5.82. The summed E-state index contributed by atoms with van der Waals surface area (Å²) in [7, 11) is 0. The van der Waals surface area contributed by atoms with E-state index in [1.165, 1.54) is 2.88 Å². The lowest BCUT2D eigenvalue weighted by molar-refractivity contribution is 0.116. The van der Waals surface area contributed by atoms with E-state index >= 15 is 0 Å². The van der Waals surface area contributed by atoms with Gasteiger partial charge in [-0.1, -0.05) is 20.3 Å². The van der Waals surface area contributed by atoms with Crippen molar-refractivity contribution in [3.05, 3.63) is 19.9 Å². The molecule has 0 radical (unpaired) electrons. The molecule has 0 aliphatic heterocycles. The van der Waals surface area contributed by atoms with Gasteiger partial charge in [0.25, 0.3) is 0 Å². The molecule has 0 aliphatic rings. The molecule has 0 aromatic carbocycles. The lowest BCUT2D eigenvalue weighted by atomic mass is 9.98. The van der Waals surface area contributed by atoms with Crippen molar-refractivity contribution in [2.24, 2.45) is 5.92 Å². The molecule has 2 atom stereocenters. The van der Waals surface area contributed by atoms with E-state index in [-0.39, 0.29) is 6.10 Å². The van der Waals surface area contributed by atoms with Crippen molar-refractivity contribution in [3.63, 3.8) is 0 Å². The second kappa shape index (κ2) is 4.58. The average Bonchev–Trinajstić information content (AvgIpc) is 2.49. The highest BCUT2D eigenvalue weighted by Gasteiger charge is 2.15. The Hall–Kier alpha value is 0.390. The van der Waals surface area contributed by atoms with Crippen LogP contribution in [0.25, 0.3) is 0 Å². The van der Waals surface area contributed by atoms with Crippen molar-refractivity contribution in [3.8, 4) is 0 Å². The molecule has 0 spiro atoms. The Kier molecular flexibility index (Phi) is 3.99. The van der Waals surface area contributed by atoms with Crippen molar-refractivity contribution in [1.29, 1.82) is 0 Å². The van der Waals surface area contributed by atoms with Gasteiger partial charge in [0.05, 0.1) is 8.99 Å². The Labute approximate surface area is 91.0 Å². The Morgan fingerprint density at radius 1 is 1.67 bits per heavy atom. The first kappa shape index (κ1) is 10.5. The SMILES string of the molecule is CCC(C)C(O)c1csc(I)c1. The van der Waals surface area contributed by atoms with Gasteiger partial charge in [-0.25, -0.2) is 0 Å². The molecular weight excluding hydrogens is 283 g/mol. The molecule has 1 heterocycles. The van der Waals surface area contributed by atoms with Gasteiger partial charge in [-0.3, -0.25) is 0 Å². The minimum Gasteiger partial charge on any atom is -0.388 e. The fourth-order valence-corrected chi connectivity index (χ4v) is 2.43. The summed E-state index contributed by atoms with van der Waals surface area (Å²) < 4.78 is 1.24. The number of hydrogen-bond acceptors (Lipinski definition) is 2. The number of halogens is 1. The third-order valence-corrected chi connectivity index (χ3v) is 3.92. The van der Waals surface area contributed by atoms with E-state index in [1.807, 2.05) is 5.38 Å². The van der Waals surface area contributed by atoms with E-state index in [2.05, 4.69) is 42.5 Å². The maximum absolute atomic E-state index is 9.81. The Morgan fingerprint density at radius 2 is 2.33 bits per heavy atom. The standard InChI is InChI=1S/C9H13IOS/c1-3-6(2)9(11)7-4-8(10)12-5-7/h4-6,9,11H,3H2,1-2H3. The summed E-state index contributed by atoms with van der Waals surface area (Å²) in [5.41, 5.74) is 1.07. The van der Waals surface area contributed by atoms with Crippen LogP contribution in [-0.2, 0) is 0 Å². The first-order chi connectivity index (χ1) is 5.65. The highest BCUT2D eigenvalue weighted by atomic mass is 127. The quantitative estimate of drug-likeness (QED) is 0.847. The van der Waals surface area contributed by atoms with Gasteiger partial charge in [0.15, 0.2) is 0 Å². The number of aliphatic hydroxyl groups excluding tert-OH is 1. The van der Waals surface area contributed by atoms with Gasteiger partial charge in [0.2, 0.25) is 0 Å². The average molecular weight is 296 g/mol. The molecule has 0 saturated heterocycles. The molecule has 1 aromatic rings. The molecule has 1 rings (SSSR count). The van der Waals surface area contributed by atoms with Crippen LogP contribution in [0.2, 0.25) is 0 Å². The van der Waals surface area contributed by atoms with Gasteiger partial charge in [-0.15, -0.1) is 11.3 Å². The molecule has 68 valence electrons. The number of thiophene rings is 1. The molecule has 1 N–H and O–H groups in total. The zero-order chi connectivity index (χ0) is 9.14. The van der Waals surface area contributed by atoms with Gasteiger partial charge in [-0.05, 0) is 45.5 Å². The summed E-state index contributed by atoms with van der Waals surface area (Å²) in [4.78, 5) is 0. The molecule has 1 aromatic heterocycles. The lowest BCUT2D eigenvalue weighted by Crippen LogP contribution is -2.06. The maximum atomic E-state index is 9.81. The Bertz CT molecular complexity index is 246. The van der Waals surface area contributed by atoms with Crippen LogP contribution in [0.15, 0.2) is 11.4 Å². The zero-order valence-corrected chi connectivity index (χ0v) is 10.2. The van der Waals surface area contributed by atoms with Crippen LogP contribution >= 0.6 is 33.9 Å². The van der Waals surface area contributed by atoms with Crippen molar-refractivity contribution in [2.45, 2.75) is 26.4 Å². The molecule has 12 heavy (non-hydrogen) atoms. The van der Waals surface area contributed by atoms with Gasteiger partial charge in [0.1, 0.15) is 0 Å². The first-order valence-electron chi connectivity index (χ1n) is 4.07. The van der Waals surface area contributed by atoms with E-state index in [1.54, 1.807) is 11.3 Å². The summed E-state index contributed by atoms with van der Waals surface area (Å²) >= 11 is 3.96. The molecule has 1 nitrogen and oxygen atoms in total. The molecule has 0 amide bonds. The number of rotatable bonds is 3. The topological polar surface area (TPSA) is 20.2 Å². The normalized spacial score (nSPS) is 16.0. The first-order valence-corrected chi connectivity index (χ1v) is 6.03. The Balaban J connectivity index is 2.70. The van der Waals surface area contributed by atoms with Gasteiger partial charge < -0.3 is 5.11 Å². The predicted molar refractivity (Wildman–Crippen MR) is 61.5 cm³/mol. The molecule has 0 fully saturated rings. The van der Waals surface area contributed by atoms with Gasteiger partial charge in [-0.2, -0.15) is 0 Å². The fraction of sp³-hybridized carbons (Fsp3) is 0.556.